The summed E-state index contributed by atoms with van der Waals surface area (Å²) in [7, 11) is 0. The van der Waals surface area contributed by atoms with Gasteiger partial charge in [0.15, 0.2) is 6.10 Å². The van der Waals surface area contributed by atoms with Crippen LogP contribution in [0.25, 0.3) is 10.8 Å². The monoisotopic (exact) mass is 368 g/mol. The lowest BCUT2D eigenvalue weighted by atomic mass is 10.1. The Balaban J connectivity index is 1.77. The average molecular weight is 369 g/mol. The van der Waals surface area contributed by atoms with Crippen molar-refractivity contribution in [2.75, 3.05) is 5.32 Å². The molecular weight excluding hydrogens is 352 g/mol. The first kappa shape index (κ1) is 17.9. The minimum Gasteiger partial charge on any atom is -0.449 e. The van der Waals surface area contributed by atoms with E-state index in [1.54, 1.807) is 13.0 Å². The van der Waals surface area contributed by atoms with Crippen LogP contribution in [0.15, 0.2) is 60.8 Å². The molecule has 6 heteroatoms. The van der Waals surface area contributed by atoms with Gasteiger partial charge in [-0.3, -0.25) is 4.79 Å². The Bertz CT molecular complexity index is 953. The van der Waals surface area contributed by atoms with Crippen molar-refractivity contribution in [3.63, 3.8) is 0 Å². The van der Waals surface area contributed by atoms with E-state index in [0.717, 1.165) is 10.8 Å². The topological polar surface area (TPSA) is 68.3 Å². The summed E-state index contributed by atoms with van der Waals surface area (Å²) in [4.78, 5) is 28.7. The normalized spacial score (nSPS) is 11.8. The van der Waals surface area contributed by atoms with Crippen LogP contribution in [0.1, 0.15) is 23.7 Å². The number of esters is 1. The summed E-state index contributed by atoms with van der Waals surface area (Å²) in [5, 5.41) is 4.81. The van der Waals surface area contributed by atoms with E-state index < -0.39 is 18.0 Å². The second-order valence-electron chi connectivity index (χ2n) is 5.66. The van der Waals surface area contributed by atoms with Crippen molar-refractivity contribution in [1.82, 2.24) is 4.98 Å². The Hall–Kier alpha value is -2.92. The molecule has 1 atom stereocenters. The molecule has 0 aliphatic carbocycles. The van der Waals surface area contributed by atoms with Gasteiger partial charge in [-0.2, -0.15) is 0 Å². The Morgan fingerprint density at radius 2 is 1.88 bits per heavy atom. The van der Waals surface area contributed by atoms with Crippen molar-refractivity contribution in [3.8, 4) is 0 Å². The maximum Gasteiger partial charge on any atom is 0.342 e. The van der Waals surface area contributed by atoms with E-state index in [0.29, 0.717) is 12.1 Å². The Labute approximate surface area is 156 Å². The van der Waals surface area contributed by atoms with Gasteiger partial charge in [0.05, 0.1) is 5.56 Å². The van der Waals surface area contributed by atoms with Gasteiger partial charge in [-0.05, 0) is 30.0 Å². The standard InChI is InChI=1S/C20H17ClN2O3/c1-2-17(26-20(25)15-10-6-12-22-18(15)21)19(24)23-16-11-5-8-13-7-3-4-9-14(13)16/h3-12,17H,2H2,1H3,(H,23,24). The molecule has 132 valence electrons. The fourth-order valence-electron chi connectivity index (χ4n) is 2.60. The Morgan fingerprint density at radius 3 is 2.65 bits per heavy atom. The SMILES string of the molecule is CCC(OC(=O)c1cccnc1Cl)C(=O)Nc1cccc2ccccc12. The molecule has 0 fully saturated rings. The zero-order chi connectivity index (χ0) is 18.5. The molecule has 26 heavy (non-hydrogen) atoms. The predicted molar refractivity (Wildman–Crippen MR) is 101 cm³/mol. The van der Waals surface area contributed by atoms with E-state index in [2.05, 4.69) is 10.3 Å². The van der Waals surface area contributed by atoms with Crippen molar-refractivity contribution in [3.05, 3.63) is 71.5 Å². The summed E-state index contributed by atoms with van der Waals surface area (Å²) >= 11 is 5.91. The molecule has 0 saturated carbocycles. The predicted octanol–water partition coefficient (Wildman–Crippen LogP) is 4.46. The number of benzene rings is 2. The van der Waals surface area contributed by atoms with Gasteiger partial charge in [0.25, 0.3) is 5.91 Å². The number of hydrogen-bond acceptors (Lipinski definition) is 4. The highest BCUT2D eigenvalue weighted by Gasteiger charge is 2.24. The minimum absolute atomic E-state index is 0.0433. The summed E-state index contributed by atoms with van der Waals surface area (Å²) in [6.07, 6.45) is 0.877. The lowest BCUT2D eigenvalue weighted by Crippen LogP contribution is -2.32. The van der Waals surface area contributed by atoms with Crippen LogP contribution >= 0.6 is 11.6 Å². The first-order valence-corrected chi connectivity index (χ1v) is 8.58. The van der Waals surface area contributed by atoms with Crippen LogP contribution < -0.4 is 5.32 Å². The molecule has 1 aromatic heterocycles. The van der Waals surface area contributed by atoms with Crippen molar-refractivity contribution < 1.29 is 14.3 Å². The number of amides is 1. The van der Waals surface area contributed by atoms with E-state index in [9.17, 15) is 9.59 Å². The molecule has 0 saturated heterocycles. The summed E-state index contributed by atoms with van der Waals surface area (Å²) in [6, 6.07) is 16.5. The fraction of sp³-hybridized carbons (Fsp3) is 0.150. The molecule has 0 bridgehead atoms. The van der Waals surface area contributed by atoms with Gasteiger partial charge in [-0.15, -0.1) is 0 Å². The number of nitrogens with one attached hydrogen (secondary N) is 1. The highest BCUT2D eigenvalue weighted by molar-refractivity contribution is 6.32. The van der Waals surface area contributed by atoms with E-state index in [1.807, 2.05) is 42.5 Å². The minimum atomic E-state index is -0.933. The highest BCUT2D eigenvalue weighted by Crippen LogP contribution is 2.23. The van der Waals surface area contributed by atoms with Gasteiger partial charge in [-0.25, -0.2) is 9.78 Å². The van der Waals surface area contributed by atoms with Crippen LogP contribution in [0.2, 0.25) is 5.15 Å². The van der Waals surface area contributed by atoms with Crippen LogP contribution in [0, 0.1) is 0 Å². The van der Waals surface area contributed by atoms with E-state index in [4.69, 9.17) is 16.3 Å². The quantitative estimate of drug-likeness (QED) is 0.533. The number of hydrogen-bond donors (Lipinski definition) is 1. The molecule has 5 nitrogen and oxygen atoms in total. The molecule has 1 unspecified atom stereocenters. The fourth-order valence-corrected chi connectivity index (χ4v) is 2.80. The van der Waals surface area contributed by atoms with E-state index in [-0.39, 0.29) is 10.7 Å². The lowest BCUT2D eigenvalue weighted by molar-refractivity contribution is -0.124. The molecule has 3 rings (SSSR count). The molecule has 0 aliphatic rings. The number of carbonyl (C=O) groups is 2. The largest absolute Gasteiger partial charge is 0.449 e. The van der Waals surface area contributed by atoms with Crippen LogP contribution in [-0.4, -0.2) is 23.0 Å². The van der Waals surface area contributed by atoms with Crippen molar-refractivity contribution in [2.24, 2.45) is 0 Å². The number of rotatable bonds is 5. The number of aromatic nitrogens is 1. The zero-order valence-electron chi connectivity index (χ0n) is 14.1. The average Bonchev–Trinajstić information content (AvgIpc) is 2.66. The van der Waals surface area contributed by atoms with Crippen LogP contribution in [-0.2, 0) is 9.53 Å². The maximum atomic E-state index is 12.6. The number of nitrogens with zero attached hydrogens (tertiary/aromatic N) is 1. The molecule has 0 aliphatic heterocycles. The molecule has 1 amide bonds. The lowest BCUT2D eigenvalue weighted by Gasteiger charge is -2.17. The smallest absolute Gasteiger partial charge is 0.342 e. The van der Waals surface area contributed by atoms with Gasteiger partial charge < -0.3 is 10.1 Å². The third-order valence-electron chi connectivity index (χ3n) is 3.94. The number of anilines is 1. The number of fused-ring (bicyclic) bond motifs is 1. The molecule has 2 aromatic carbocycles. The van der Waals surface area contributed by atoms with Gasteiger partial charge in [0.1, 0.15) is 5.15 Å². The van der Waals surface area contributed by atoms with Gasteiger partial charge in [0.2, 0.25) is 0 Å². The Kier molecular flexibility index (Phi) is 5.49. The number of pyridine rings is 1. The first-order chi connectivity index (χ1) is 12.6. The van der Waals surface area contributed by atoms with Crippen molar-refractivity contribution in [2.45, 2.75) is 19.4 Å². The van der Waals surface area contributed by atoms with E-state index >= 15 is 0 Å². The first-order valence-electron chi connectivity index (χ1n) is 8.20. The summed E-state index contributed by atoms with van der Waals surface area (Å²) in [6.45, 7) is 1.77. The summed E-state index contributed by atoms with van der Waals surface area (Å²) in [5.41, 5.74) is 0.799. The third-order valence-corrected chi connectivity index (χ3v) is 4.24. The van der Waals surface area contributed by atoms with Gasteiger partial charge in [0, 0.05) is 17.3 Å². The molecule has 1 N–H and O–H groups in total. The second kappa shape index (κ2) is 7.97. The summed E-state index contributed by atoms with van der Waals surface area (Å²) in [5.74, 6) is -1.07. The van der Waals surface area contributed by atoms with Gasteiger partial charge >= 0.3 is 5.97 Å². The molecular formula is C20H17ClN2O3. The summed E-state index contributed by atoms with van der Waals surface area (Å²) < 4.78 is 5.34. The molecule has 3 aromatic rings. The van der Waals surface area contributed by atoms with Crippen LogP contribution in [0.4, 0.5) is 5.69 Å². The van der Waals surface area contributed by atoms with Gasteiger partial charge in [-0.1, -0.05) is 54.9 Å². The zero-order valence-corrected chi connectivity index (χ0v) is 14.9. The maximum absolute atomic E-state index is 12.6. The van der Waals surface area contributed by atoms with Crippen LogP contribution in [0.5, 0.6) is 0 Å². The second-order valence-corrected chi connectivity index (χ2v) is 6.02. The molecule has 0 spiro atoms. The number of carbonyl (C=O) groups excluding carboxylic acids is 2. The molecule has 0 radical (unpaired) electrons. The van der Waals surface area contributed by atoms with Crippen molar-refractivity contribution in [1.29, 1.82) is 0 Å². The van der Waals surface area contributed by atoms with Crippen LogP contribution in [0.3, 0.4) is 0 Å². The van der Waals surface area contributed by atoms with E-state index in [1.165, 1.54) is 12.3 Å². The molecule has 1 heterocycles. The van der Waals surface area contributed by atoms with Crippen molar-refractivity contribution >= 4 is 39.9 Å². The number of halogens is 1. The third kappa shape index (κ3) is 3.83. The Morgan fingerprint density at radius 1 is 1.12 bits per heavy atom. The highest BCUT2D eigenvalue weighted by atomic mass is 35.5. The number of ether oxygens (including phenoxy) is 1.